The highest BCUT2D eigenvalue weighted by Crippen LogP contribution is 2.03. The van der Waals surface area contributed by atoms with E-state index in [0.29, 0.717) is 12.0 Å². The SMILES string of the molecule is C=C(CCCCOC)C(N)=O. The summed E-state index contributed by atoms with van der Waals surface area (Å²) in [5.41, 5.74) is 5.48. The Hall–Kier alpha value is -0.830. The van der Waals surface area contributed by atoms with Gasteiger partial charge in [-0.05, 0) is 19.3 Å². The van der Waals surface area contributed by atoms with E-state index < -0.39 is 5.91 Å². The molecule has 3 nitrogen and oxygen atoms in total. The van der Waals surface area contributed by atoms with Crippen molar-refractivity contribution >= 4 is 5.91 Å². The van der Waals surface area contributed by atoms with Crippen molar-refractivity contribution in [2.75, 3.05) is 13.7 Å². The van der Waals surface area contributed by atoms with Gasteiger partial charge in [0.25, 0.3) is 0 Å². The lowest BCUT2D eigenvalue weighted by Gasteiger charge is -1.99. The first-order valence-electron chi connectivity index (χ1n) is 3.65. The van der Waals surface area contributed by atoms with E-state index in [0.717, 1.165) is 19.4 Å². The Bertz CT molecular complexity index is 143. The lowest BCUT2D eigenvalue weighted by Crippen LogP contribution is -2.12. The number of primary amides is 1. The van der Waals surface area contributed by atoms with Crippen molar-refractivity contribution in [3.8, 4) is 0 Å². The van der Waals surface area contributed by atoms with E-state index in [1.807, 2.05) is 0 Å². The van der Waals surface area contributed by atoms with Crippen LogP contribution in [0.3, 0.4) is 0 Å². The second-order valence-corrected chi connectivity index (χ2v) is 2.42. The van der Waals surface area contributed by atoms with Gasteiger partial charge in [-0.2, -0.15) is 0 Å². The standard InChI is InChI=1S/C8H15NO2/c1-7(8(9)10)5-3-4-6-11-2/h1,3-6H2,2H3,(H2,9,10). The van der Waals surface area contributed by atoms with E-state index in [1.54, 1.807) is 7.11 Å². The summed E-state index contributed by atoms with van der Waals surface area (Å²) in [5, 5.41) is 0. The molecule has 0 bridgehead atoms. The maximum absolute atomic E-state index is 10.5. The van der Waals surface area contributed by atoms with Gasteiger partial charge in [0, 0.05) is 19.3 Å². The van der Waals surface area contributed by atoms with Crippen LogP contribution in [0.1, 0.15) is 19.3 Å². The maximum Gasteiger partial charge on any atom is 0.244 e. The maximum atomic E-state index is 10.5. The first kappa shape index (κ1) is 10.2. The lowest BCUT2D eigenvalue weighted by atomic mass is 10.1. The Labute approximate surface area is 67.2 Å². The van der Waals surface area contributed by atoms with Gasteiger partial charge in [0.2, 0.25) is 5.91 Å². The monoisotopic (exact) mass is 157 g/mol. The third kappa shape index (κ3) is 5.61. The van der Waals surface area contributed by atoms with Crippen LogP contribution in [0.5, 0.6) is 0 Å². The number of nitrogens with two attached hydrogens (primary N) is 1. The molecule has 3 heteroatoms. The van der Waals surface area contributed by atoms with Crippen LogP contribution in [-0.2, 0) is 9.53 Å². The van der Waals surface area contributed by atoms with Gasteiger partial charge in [0.15, 0.2) is 0 Å². The van der Waals surface area contributed by atoms with Gasteiger partial charge in [-0.15, -0.1) is 0 Å². The zero-order chi connectivity index (χ0) is 8.69. The van der Waals surface area contributed by atoms with E-state index >= 15 is 0 Å². The number of rotatable bonds is 6. The summed E-state index contributed by atoms with van der Waals surface area (Å²) in [6.07, 6.45) is 2.54. The fourth-order valence-corrected chi connectivity index (χ4v) is 0.708. The predicted octanol–water partition coefficient (Wildman–Crippen LogP) is 0.845. The van der Waals surface area contributed by atoms with Gasteiger partial charge >= 0.3 is 0 Å². The summed E-state index contributed by atoms with van der Waals surface area (Å²) in [5.74, 6) is -0.401. The summed E-state index contributed by atoms with van der Waals surface area (Å²) < 4.78 is 4.84. The quantitative estimate of drug-likeness (QED) is 0.459. The highest BCUT2D eigenvalue weighted by atomic mass is 16.5. The molecule has 0 atom stereocenters. The minimum Gasteiger partial charge on any atom is -0.385 e. The van der Waals surface area contributed by atoms with E-state index in [1.165, 1.54) is 0 Å². The van der Waals surface area contributed by atoms with Crippen LogP contribution in [0.15, 0.2) is 12.2 Å². The smallest absolute Gasteiger partial charge is 0.244 e. The van der Waals surface area contributed by atoms with Crippen LogP contribution in [0, 0.1) is 0 Å². The van der Waals surface area contributed by atoms with Gasteiger partial charge in [-0.3, -0.25) is 4.79 Å². The Morgan fingerprint density at radius 3 is 2.64 bits per heavy atom. The zero-order valence-corrected chi connectivity index (χ0v) is 6.93. The number of amides is 1. The highest BCUT2D eigenvalue weighted by Gasteiger charge is 1.99. The molecule has 0 radical (unpaired) electrons. The van der Waals surface area contributed by atoms with Crippen LogP contribution < -0.4 is 5.73 Å². The van der Waals surface area contributed by atoms with E-state index in [4.69, 9.17) is 10.5 Å². The van der Waals surface area contributed by atoms with Gasteiger partial charge < -0.3 is 10.5 Å². The Morgan fingerprint density at radius 2 is 2.18 bits per heavy atom. The first-order chi connectivity index (χ1) is 5.18. The molecule has 0 unspecified atom stereocenters. The average Bonchev–Trinajstić information content (AvgIpc) is 1.97. The largest absolute Gasteiger partial charge is 0.385 e. The van der Waals surface area contributed by atoms with Crippen LogP contribution in [0.2, 0.25) is 0 Å². The molecule has 0 heterocycles. The van der Waals surface area contributed by atoms with Gasteiger partial charge in [-0.25, -0.2) is 0 Å². The molecule has 1 amide bonds. The number of carbonyl (C=O) groups is 1. The molecule has 0 saturated carbocycles. The van der Waals surface area contributed by atoms with Crippen LogP contribution >= 0.6 is 0 Å². The molecule has 0 fully saturated rings. The molecule has 64 valence electrons. The number of hydrogen-bond donors (Lipinski definition) is 1. The topological polar surface area (TPSA) is 52.3 Å². The van der Waals surface area contributed by atoms with E-state index in [9.17, 15) is 4.79 Å². The molecule has 0 aliphatic carbocycles. The molecule has 0 rings (SSSR count). The van der Waals surface area contributed by atoms with Crippen molar-refractivity contribution in [3.05, 3.63) is 12.2 Å². The third-order valence-corrected chi connectivity index (χ3v) is 1.43. The highest BCUT2D eigenvalue weighted by molar-refractivity contribution is 5.91. The van der Waals surface area contributed by atoms with E-state index in [-0.39, 0.29) is 0 Å². The molecule has 0 aromatic rings. The third-order valence-electron chi connectivity index (χ3n) is 1.43. The normalized spacial score (nSPS) is 9.55. The molecule has 11 heavy (non-hydrogen) atoms. The number of methoxy groups -OCH3 is 1. The summed E-state index contributed by atoms with van der Waals surface area (Å²) in [4.78, 5) is 10.5. The van der Waals surface area contributed by atoms with Crippen molar-refractivity contribution in [1.29, 1.82) is 0 Å². The molecule has 0 spiro atoms. The summed E-state index contributed by atoms with van der Waals surface area (Å²) in [6.45, 7) is 4.26. The molecule has 0 aliphatic rings. The molecule has 0 aromatic carbocycles. The molecular formula is C8H15NO2. The molecule has 0 saturated heterocycles. The van der Waals surface area contributed by atoms with Crippen molar-refractivity contribution in [2.24, 2.45) is 5.73 Å². The van der Waals surface area contributed by atoms with Crippen molar-refractivity contribution in [2.45, 2.75) is 19.3 Å². The second kappa shape index (κ2) is 5.92. The van der Waals surface area contributed by atoms with Gasteiger partial charge in [0.05, 0.1) is 0 Å². The zero-order valence-electron chi connectivity index (χ0n) is 6.93. The van der Waals surface area contributed by atoms with Crippen molar-refractivity contribution in [1.82, 2.24) is 0 Å². The second-order valence-electron chi connectivity index (χ2n) is 2.42. The minimum absolute atomic E-state index is 0.401. The molecule has 0 aromatic heterocycles. The van der Waals surface area contributed by atoms with Crippen molar-refractivity contribution < 1.29 is 9.53 Å². The average molecular weight is 157 g/mol. The van der Waals surface area contributed by atoms with Crippen LogP contribution in [0.4, 0.5) is 0 Å². The molecule has 2 N–H and O–H groups in total. The number of hydrogen-bond acceptors (Lipinski definition) is 2. The Balaban J connectivity index is 3.25. The minimum atomic E-state index is -0.401. The molecule has 0 aliphatic heterocycles. The summed E-state index contributed by atoms with van der Waals surface area (Å²) in [7, 11) is 1.66. The number of ether oxygens (including phenoxy) is 1. The fraction of sp³-hybridized carbons (Fsp3) is 0.625. The Morgan fingerprint density at radius 1 is 1.55 bits per heavy atom. The van der Waals surface area contributed by atoms with Crippen LogP contribution in [-0.4, -0.2) is 19.6 Å². The Kier molecular flexibility index (Phi) is 5.47. The van der Waals surface area contributed by atoms with Gasteiger partial charge in [-0.1, -0.05) is 6.58 Å². The first-order valence-corrected chi connectivity index (χ1v) is 3.65. The molecular weight excluding hydrogens is 142 g/mol. The lowest BCUT2D eigenvalue weighted by molar-refractivity contribution is -0.114. The fourth-order valence-electron chi connectivity index (χ4n) is 0.708. The van der Waals surface area contributed by atoms with Crippen LogP contribution in [0.25, 0.3) is 0 Å². The number of carbonyl (C=O) groups excluding carboxylic acids is 1. The van der Waals surface area contributed by atoms with E-state index in [2.05, 4.69) is 6.58 Å². The van der Waals surface area contributed by atoms with Gasteiger partial charge in [0.1, 0.15) is 0 Å². The van der Waals surface area contributed by atoms with Crippen molar-refractivity contribution in [3.63, 3.8) is 0 Å². The number of unbranched alkanes of at least 4 members (excludes halogenated alkanes) is 1. The summed E-state index contributed by atoms with van der Waals surface area (Å²) in [6, 6.07) is 0. The predicted molar refractivity (Wildman–Crippen MR) is 44.1 cm³/mol. The summed E-state index contributed by atoms with van der Waals surface area (Å²) >= 11 is 0.